The molecule has 0 atom stereocenters. The summed E-state index contributed by atoms with van der Waals surface area (Å²) in [5.74, 6) is 1.25. The highest BCUT2D eigenvalue weighted by molar-refractivity contribution is 6.13. The van der Waals surface area contributed by atoms with Crippen LogP contribution in [0, 0.1) is 0 Å². The predicted molar refractivity (Wildman–Crippen MR) is 118 cm³/mol. The standard InChI is InChI=1S/C24H21N3O4/c1-29-19-7-4-6-17(14-19)23-26-21(24(28)31-23)15-18-13-16-5-2-3-8-20(16)25-22(18)27-9-11-30-12-10-27/h2-8,13-15H,9-12H2,1H3/b21-15+. The summed E-state index contributed by atoms with van der Waals surface area (Å²) in [4.78, 5) is 24.1. The van der Waals surface area contributed by atoms with Gasteiger partial charge in [-0.15, -0.1) is 0 Å². The number of aliphatic imine (C=N–C) groups is 1. The number of rotatable bonds is 4. The first-order chi connectivity index (χ1) is 15.2. The Morgan fingerprint density at radius 3 is 2.74 bits per heavy atom. The first-order valence-corrected chi connectivity index (χ1v) is 10.1. The van der Waals surface area contributed by atoms with Gasteiger partial charge in [0.2, 0.25) is 5.90 Å². The van der Waals surface area contributed by atoms with E-state index >= 15 is 0 Å². The maximum atomic E-state index is 12.6. The van der Waals surface area contributed by atoms with Crippen LogP contribution < -0.4 is 9.64 Å². The third-order valence-electron chi connectivity index (χ3n) is 5.27. The molecule has 0 N–H and O–H groups in total. The Hall–Kier alpha value is -3.71. The molecule has 0 unspecified atom stereocenters. The number of cyclic esters (lactones) is 1. The van der Waals surface area contributed by atoms with Crippen molar-refractivity contribution in [3.63, 3.8) is 0 Å². The average Bonchev–Trinajstić information content (AvgIpc) is 3.19. The molecule has 3 aromatic rings. The fourth-order valence-electron chi connectivity index (χ4n) is 3.69. The van der Waals surface area contributed by atoms with Crippen LogP contribution >= 0.6 is 0 Å². The number of fused-ring (bicyclic) bond motifs is 1. The molecule has 2 aliphatic heterocycles. The number of carbonyl (C=O) groups excluding carboxylic acids is 1. The van der Waals surface area contributed by atoms with Gasteiger partial charge in [0.05, 0.1) is 25.8 Å². The number of pyridine rings is 1. The second kappa shape index (κ2) is 8.20. The number of morpholine rings is 1. The smallest absolute Gasteiger partial charge is 0.363 e. The van der Waals surface area contributed by atoms with Crippen LogP contribution in [0.2, 0.25) is 0 Å². The molecule has 31 heavy (non-hydrogen) atoms. The molecular formula is C24H21N3O4. The monoisotopic (exact) mass is 415 g/mol. The van der Waals surface area contributed by atoms with Gasteiger partial charge in [0.1, 0.15) is 11.6 Å². The van der Waals surface area contributed by atoms with E-state index < -0.39 is 5.97 Å². The molecule has 0 saturated carbocycles. The zero-order chi connectivity index (χ0) is 21.2. The van der Waals surface area contributed by atoms with E-state index in [9.17, 15) is 4.79 Å². The van der Waals surface area contributed by atoms with E-state index in [1.54, 1.807) is 19.3 Å². The number of ether oxygens (including phenoxy) is 3. The number of carbonyl (C=O) groups is 1. The molecule has 5 rings (SSSR count). The first-order valence-electron chi connectivity index (χ1n) is 10.1. The van der Waals surface area contributed by atoms with Crippen LogP contribution in [0.25, 0.3) is 17.0 Å². The van der Waals surface area contributed by atoms with Crippen molar-refractivity contribution in [3.05, 3.63) is 71.4 Å². The highest BCUT2D eigenvalue weighted by Gasteiger charge is 2.26. The van der Waals surface area contributed by atoms with Crippen molar-refractivity contribution in [1.29, 1.82) is 0 Å². The topological polar surface area (TPSA) is 73.3 Å². The summed E-state index contributed by atoms with van der Waals surface area (Å²) in [6.07, 6.45) is 1.75. The summed E-state index contributed by atoms with van der Waals surface area (Å²) in [6, 6.07) is 17.2. The highest BCUT2D eigenvalue weighted by atomic mass is 16.6. The van der Waals surface area contributed by atoms with E-state index in [-0.39, 0.29) is 11.6 Å². The van der Waals surface area contributed by atoms with E-state index in [0.717, 1.165) is 35.4 Å². The number of anilines is 1. The molecule has 0 spiro atoms. The lowest BCUT2D eigenvalue weighted by Crippen LogP contribution is -2.37. The summed E-state index contributed by atoms with van der Waals surface area (Å²) in [5.41, 5.74) is 2.65. The molecule has 1 saturated heterocycles. The Kier molecular flexibility index (Phi) is 5.09. The van der Waals surface area contributed by atoms with Crippen LogP contribution in [0.5, 0.6) is 5.75 Å². The van der Waals surface area contributed by atoms with Gasteiger partial charge in [0.25, 0.3) is 0 Å². The molecular weight excluding hydrogens is 394 g/mol. The quantitative estimate of drug-likeness (QED) is 0.480. The molecule has 0 aliphatic carbocycles. The number of esters is 1. The van der Waals surface area contributed by atoms with Crippen LogP contribution in [0.3, 0.4) is 0 Å². The van der Waals surface area contributed by atoms with Crippen LogP contribution in [0.1, 0.15) is 11.1 Å². The van der Waals surface area contributed by atoms with Crippen molar-refractivity contribution in [1.82, 2.24) is 4.98 Å². The van der Waals surface area contributed by atoms with Crippen molar-refractivity contribution >= 4 is 34.7 Å². The van der Waals surface area contributed by atoms with Crippen molar-refractivity contribution in [2.45, 2.75) is 0 Å². The number of hydrogen-bond acceptors (Lipinski definition) is 7. The summed E-state index contributed by atoms with van der Waals surface area (Å²) >= 11 is 0. The van der Waals surface area contributed by atoms with E-state index in [4.69, 9.17) is 19.2 Å². The van der Waals surface area contributed by atoms with Gasteiger partial charge in [-0.25, -0.2) is 14.8 Å². The predicted octanol–water partition coefficient (Wildman–Crippen LogP) is 3.42. The third kappa shape index (κ3) is 3.87. The van der Waals surface area contributed by atoms with Gasteiger partial charge < -0.3 is 19.1 Å². The zero-order valence-corrected chi connectivity index (χ0v) is 17.1. The number of nitrogens with zero attached hydrogens (tertiary/aromatic N) is 3. The fourth-order valence-corrected chi connectivity index (χ4v) is 3.69. The Bertz CT molecular complexity index is 1210. The summed E-state index contributed by atoms with van der Waals surface area (Å²) < 4.78 is 16.2. The normalized spacial score (nSPS) is 17.7. The van der Waals surface area contributed by atoms with Gasteiger partial charge in [0.15, 0.2) is 5.70 Å². The maximum absolute atomic E-state index is 12.6. The summed E-state index contributed by atoms with van der Waals surface area (Å²) in [7, 11) is 1.59. The lowest BCUT2D eigenvalue weighted by atomic mass is 10.1. The second-order valence-corrected chi connectivity index (χ2v) is 7.26. The molecule has 7 nitrogen and oxygen atoms in total. The molecule has 1 fully saturated rings. The summed E-state index contributed by atoms with van der Waals surface area (Å²) in [5, 5.41) is 0.995. The van der Waals surface area contributed by atoms with Crippen LogP contribution in [0.15, 0.2) is 65.3 Å². The largest absolute Gasteiger partial charge is 0.497 e. The number of benzene rings is 2. The maximum Gasteiger partial charge on any atom is 0.363 e. The minimum atomic E-state index is -0.487. The molecule has 7 heteroatoms. The molecule has 0 amide bonds. The SMILES string of the molecule is COc1cccc(C2=N/C(=C/c3cc4ccccc4nc3N3CCOCC3)C(=O)O2)c1. The minimum Gasteiger partial charge on any atom is -0.497 e. The molecule has 0 radical (unpaired) electrons. The Morgan fingerprint density at radius 1 is 1.06 bits per heavy atom. The molecule has 0 bridgehead atoms. The Morgan fingerprint density at radius 2 is 1.90 bits per heavy atom. The zero-order valence-electron chi connectivity index (χ0n) is 17.1. The van der Waals surface area contributed by atoms with Crippen LogP contribution in [0.4, 0.5) is 5.82 Å². The van der Waals surface area contributed by atoms with Gasteiger partial charge in [-0.2, -0.15) is 0 Å². The van der Waals surface area contributed by atoms with E-state index in [2.05, 4.69) is 9.89 Å². The van der Waals surface area contributed by atoms with E-state index in [1.807, 2.05) is 48.5 Å². The fraction of sp³-hybridized carbons (Fsp3) is 0.208. The second-order valence-electron chi connectivity index (χ2n) is 7.26. The Labute approximate surface area is 179 Å². The molecule has 156 valence electrons. The van der Waals surface area contributed by atoms with Crippen molar-refractivity contribution in [2.24, 2.45) is 4.99 Å². The molecule has 2 aliphatic rings. The third-order valence-corrected chi connectivity index (χ3v) is 5.27. The van der Waals surface area contributed by atoms with Crippen LogP contribution in [-0.2, 0) is 14.3 Å². The lowest BCUT2D eigenvalue weighted by molar-refractivity contribution is -0.129. The van der Waals surface area contributed by atoms with Gasteiger partial charge >= 0.3 is 5.97 Å². The van der Waals surface area contributed by atoms with E-state index in [0.29, 0.717) is 24.5 Å². The number of aromatic nitrogens is 1. The van der Waals surface area contributed by atoms with Gasteiger partial charge in [-0.3, -0.25) is 0 Å². The Balaban J connectivity index is 1.57. The van der Waals surface area contributed by atoms with Gasteiger partial charge in [0, 0.05) is 29.6 Å². The number of para-hydroxylation sites is 1. The summed E-state index contributed by atoms with van der Waals surface area (Å²) in [6.45, 7) is 2.77. The van der Waals surface area contributed by atoms with Gasteiger partial charge in [-0.1, -0.05) is 24.3 Å². The van der Waals surface area contributed by atoms with Crippen molar-refractivity contribution in [3.8, 4) is 5.75 Å². The number of methoxy groups -OCH3 is 1. The lowest BCUT2D eigenvalue weighted by Gasteiger charge is -2.29. The van der Waals surface area contributed by atoms with E-state index in [1.165, 1.54) is 0 Å². The average molecular weight is 415 g/mol. The van der Waals surface area contributed by atoms with Crippen LogP contribution in [-0.4, -0.2) is 50.3 Å². The number of hydrogen-bond donors (Lipinski definition) is 0. The minimum absolute atomic E-state index is 0.240. The van der Waals surface area contributed by atoms with Crippen molar-refractivity contribution < 1.29 is 19.0 Å². The first kappa shape index (κ1) is 19.3. The highest BCUT2D eigenvalue weighted by Crippen LogP contribution is 2.28. The molecule has 3 heterocycles. The van der Waals surface area contributed by atoms with Gasteiger partial charge in [-0.05, 0) is 36.4 Å². The molecule has 2 aromatic carbocycles. The molecule has 1 aromatic heterocycles. The van der Waals surface area contributed by atoms with Crippen molar-refractivity contribution in [2.75, 3.05) is 38.3 Å².